The Kier molecular flexibility index (Phi) is 7.60. The Morgan fingerprint density at radius 2 is 2.04 bits per heavy atom. The number of hydrogen-bond donors (Lipinski definition) is 2. The zero-order chi connectivity index (χ0) is 32.4. The highest BCUT2D eigenvalue weighted by molar-refractivity contribution is 9.10. The van der Waals surface area contributed by atoms with E-state index in [2.05, 4.69) is 36.3 Å². The number of halogens is 6. The lowest BCUT2D eigenvalue weighted by Crippen LogP contribution is -2.55. The third-order valence-electron chi connectivity index (χ3n) is 7.74. The summed E-state index contributed by atoms with van der Waals surface area (Å²) in [4.78, 5) is 49.3. The van der Waals surface area contributed by atoms with E-state index in [0.29, 0.717) is 6.07 Å². The molecule has 2 N–H and O–H groups in total. The van der Waals surface area contributed by atoms with Crippen molar-refractivity contribution in [2.24, 2.45) is 0 Å². The molecule has 2 aliphatic heterocycles. The van der Waals surface area contributed by atoms with Gasteiger partial charge in [-0.2, -0.15) is 22.7 Å². The third-order valence-corrected chi connectivity index (χ3v) is 8.39. The van der Waals surface area contributed by atoms with Crippen LogP contribution in [0.5, 0.6) is 5.75 Å². The molecule has 3 unspecified atom stereocenters. The molecule has 6 rings (SSSR count). The lowest BCUT2D eigenvalue weighted by atomic mass is 9.83. The highest BCUT2D eigenvalue weighted by Gasteiger charge is 2.56. The number of nitrogens with one attached hydrogen (secondary N) is 1. The molecule has 0 radical (unpaired) electrons. The zero-order valence-corrected chi connectivity index (χ0v) is 25.3. The minimum absolute atomic E-state index is 0.00165. The number of nitrogens with zero attached hydrogens (tertiary/aromatic N) is 6. The number of alkyl halides is 4. The van der Waals surface area contributed by atoms with Gasteiger partial charge in [-0.15, -0.1) is 5.10 Å². The van der Waals surface area contributed by atoms with E-state index in [1.54, 1.807) is 6.92 Å². The number of rotatable bonds is 4. The summed E-state index contributed by atoms with van der Waals surface area (Å²) in [5, 5.41) is 16.2. The third kappa shape index (κ3) is 5.21. The summed E-state index contributed by atoms with van der Waals surface area (Å²) in [6, 6.07) is 5.17. The van der Waals surface area contributed by atoms with Crippen molar-refractivity contribution in [3.8, 4) is 5.75 Å². The second-order valence-electron chi connectivity index (χ2n) is 10.5. The smallest absolute Gasteiger partial charge is 0.416 e. The van der Waals surface area contributed by atoms with Crippen LogP contribution in [0.3, 0.4) is 0 Å². The Morgan fingerprint density at radius 3 is 2.71 bits per heavy atom. The van der Waals surface area contributed by atoms with Crippen molar-refractivity contribution in [1.82, 2.24) is 29.0 Å². The molecule has 1 aromatic carbocycles. The van der Waals surface area contributed by atoms with Crippen LogP contribution in [0.25, 0.3) is 5.78 Å². The largest absolute Gasteiger partial charge is 0.505 e. The summed E-state index contributed by atoms with van der Waals surface area (Å²) in [6.07, 6.45) is -6.34. The van der Waals surface area contributed by atoms with Crippen molar-refractivity contribution >= 4 is 50.8 Å². The van der Waals surface area contributed by atoms with Gasteiger partial charge in [0, 0.05) is 19.2 Å². The molecule has 1 saturated heterocycles. The molecule has 1 spiro atoms. The highest BCUT2D eigenvalue weighted by Crippen LogP contribution is 2.49. The molecule has 236 valence electrons. The van der Waals surface area contributed by atoms with Crippen LogP contribution in [0.2, 0.25) is 5.02 Å². The molecule has 2 aliphatic rings. The first-order valence-electron chi connectivity index (χ1n) is 13.3. The topological polar surface area (TPSA) is 144 Å². The number of fused-ring (bicyclic) bond motifs is 3. The van der Waals surface area contributed by atoms with Crippen molar-refractivity contribution in [3.63, 3.8) is 0 Å². The summed E-state index contributed by atoms with van der Waals surface area (Å²) in [5.74, 6) is -1.90. The molecule has 3 atom stereocenters. The number of hydrogen-bond acceptors (Lipinski definition) is 8. The summed E-state index contributed by atoms with van der Waals surface area (Å²) < 4.78 is 63.8. The minimum atomic E-state index is -4.64. The number of carbonyl (C=O) groups excluding carboxylic acids is 2. The van der Waals surface area contributed by atoms with E-state index in [1.807, 2.05) is 0 Å². The van der Waals surface area contributed by atoms with Crippen molar-refractivity contribution in [2.45, 2.75) is 43.9 Å². The minimum Gasteiger partial charge on any atom is -0.505 e. The summed E-state index contributed by atoms with van der Waals surface area (Å²) >= 11 is 9.13. The standard InChI is InChI=1S/C27H21BrClF4N7O5/c1-12-21-19(26(45-12)6-8-38(10-17(26)30)23(44)20-16(41)3-2-7-34-20)22(43)40-25(36-24(28)37-40)39(21)11-18(42)35-15-5-4-13(9-14(15)29)27(31,32)33/h2-5,7,9,12,17,41H,6,8,10-11H2,1H3,(H,35,42). The second-order valence-corrected chi connectivity index (χ2v) is 11.6. The maximum absolute atomic E-state index is 16.3. The fraction of sp³-hybridized carbons (Fsp3) is 0.333. The molecule has 0 bridgehead atoms. The predicted molar refractivity (Wildman–Crippen MR) is 153 cm³/mol. The van der Waals surface area contributed by atoms with Crippen LogP contribution in [0.4, 0.5) is 23.2 Å². The first-order chi connectivity index (χ1) is 21.2. The van der Waals surface area contributed by atoms with E-state index in [0.717, 1.165) is 21.5 Å². The number of ether oxygens (including phenoxy) is 1. The van der Waals surface area contributed by atoms with E-state index in [-0.39, 0.29) is 56.9 Å². The lowest BCUT2D eigenvalue weighted by Gasteiger charge is -2.41. The second kappa shape index (κ2) is 11.1. The zero-order valence-electron chi connectivity index (χ0n) is 23.0. The first-order valence-corrected chi connectivity index (χ1v) is 14.5. The molecular weight excluding hydrogens is 694 g/mol. The Labute approximate surface area is 263 Å². The van der Waals surface area contributed by atoms with Crippen molar-refractivity contribution < 1.29 is 37.0 Å². The number of carbonyl (C=O) groups is 2. The van der Waals surface area contributed by atoms with Gasteiger partial charge in [0.1, 0.15) is 17.9 Å². The molecule has 18 heteroatoms. The van der Waals surface area contributed by atoms with Crippen LogP contribution in [0.15, 0.2) is 46.1 Å². The molecule has 0 saturated carbocycles. The molecule has 45 heavy (non-hydrogen) atoms. The normalized spacial score (nSPS) is 21.4. The van der Waals surface area contributed by atoms with Gasteiger partial charge in [-0.05, 0) is 53.2 Å². The van der Waals surface area contributed by atoms with Crippen molar-refractivity contribution in [3.05, 3.63) is 79.2 Å². The number of amides is 2. The molecule has 5 heterocycles. The van der Waals surface area contributed by atoms with E-state index < -0.39 is 60.1 Å². The number of benzene rings is 1. The van der Waals surface area contributed by atoms with Gasteiger partial charge in [-0.25, -0.2) is 9.37 Å². The fourth-order valence-electron chi connectivity index (χ4n) is 5.78. The first kappa shape index (κ1) is 30.9. The quantitative estimate of drug-likeness (QED) is 0.299. The van der Waals surface area contributed by atoms with Crippen LogP contribution in [-0.4, -0.2) is 65.2 Å². The van der Waals surface area contributed by atoms with Crippen LogP contribution >= 0.6 is 27.5 Å². The number of aromatic hydroxyl groups is 1. The Balaban J connectivity index is 1.36. The van der Waals surface area contributed by atoms with E-state index in [4.69, 9.17) is 16.3 Å². The van der Waals surface area contributed by atoms with E-state index >= 15 is 4.39 Å². The number of piperidine rings is 1. The van der Waals surface area contributed by atoms with E-state index in [1.165, 1.54) is 22.9 Å². The van der Waals surface area contributed by atoms with Gasteiger partial charge in [-0.1, -0.05) is 11.6 Å². The van der Waals surface area contributed by atoms with Gasteiger partial charge in [-0.3, -0.25) is 14.4 Å². The Morgan fingerprint density at radius 1 is 1.29 bits per heavy atom. The number of anilines is 1. The average Bonchev–Trinajstić information content (AvgIpc) is 3.51. The van der Waals surface area contributed by atoms with Crippen LogP contribution in [-0.2, 0) is 27.9 Å². The van der Waals surface area contributed by atoms with Gasteiger partial charge >= 0.3 is 6.18 Å². The maximum atomic E-state index is 16.3. The molecule has 1 fully saturated rings. The molecular formula is C27H21BrClF4N7O5. The van der Waals surface area contributed by atoms with Gasteiger partial charge in [0.2, 0.25) is 16.4 Å². The number of aromatic nitrogens is 5. The molecule has 4 aromatic rings. The van der Waals surface area contributed by atoms with Crippen LogP contribution < -0.4 is 10.9 Å². The summed E-state index contributed by atoms with van der Waals surface area (Å²) in [5.41, 5.74) is -3.87. The average molecular weight is 715 g/mol. The van der Waals surface area contributed by atoms with Crippen LogP contribution in [0, 0.1) is 0 Å². The van der Waals surface area contributed by atoms with Gasteiger partial charge in [0.05, 0.1) is 40.2 Å². The van der Waals surface area contributed by atoms with E-state index in [9.17, 15) is 32.7 Å². The monoisotopic (exact) mass is 713 g/mol. The van der Waals surface area contributed by atoms with Gasteiger partial charge in [0.25, 0.3) is 11.5 Å². The SMILES string of the molecule is CC1OC2(CCN(C(=O)c3ncccc3O)CC2F)c2c1n(CC(=O)Nc1ccc(C(F)(F)F)cc1Cl)c1nc(Br)nn1c2=O. The summed E-state index contributed by atoms with van der Waals surface area (Å²) in [6.45, 7) is 0.477. The maximum Gasteiger partial charge on any atom is 0.416 e. The molecule has 3 aromatic heterocycles. The lowest BCUT2D eigenvalue weighted by molar-refractivity contribution is -0.143. The predicted octanol–water partition coefficient (Wildman–Crippen LogP) is 4.24. The fourth-order valence-corrected chi connectivity index (χ4v) is 6.33. The number of likely N-dealkylation sites (tertiary alicyclic amines) is 1. The van der Waals surface area contributed by atoms with Gasteiger partial charge < -0.3 is 24.6 Å². The highest BCUT2D eigenvalue weighted by atomic mass is 79.9. The molecule has 0 aliphatic carbocycles. The van der Waals surface area contributed by atoms with Gasteiger partial charge in [0.15, 0.2) is 11.9 Å². The van der Waals surface area contributed by atoms with Crippen LogP contribution in [0.1, 0.15) is 46.8 Å². The van der Waals surface area contributed by atoms with Crippen molar-refractivity contribution in [1.29, 1.82) is 0 Å². The Hall–Kier alpha value is -4.09. The van der Waals surface area contributed by atoms with Crippen molar-refractivity contribution in [2.75, 3.05) is 18.4 Å². The molecule has 2 amide bonds. The number of pyridine rings is 1. The summed E-state index contributed by atoms with van der Waals surface area (Å²) in [7, 11) is 0. The molecule has 12 nitrogen and oxygen atoms in total. The Bertz CT molecular complexity index is 1940.